The van der Waals surface area contributed by atoms with E-state index in [4.69, 9.17) is 14.2 Å². The highest BCUT2D eigenvalue weighted by Gasteiger charge is 2.14. The first kappa shape index (κ1) is 25.0. The fraction of sp³-hybridized carbons (Fsp3) is 0.0800. The molecule has 37 heavy (non-hydrogen) atoms. The average Bonchev–Trinajstić information content (AvgIpc) is 2.87. The molecule has 1 aromatic heterocycles. The lowest BCUT2D eigenvalue weighted by Gasteiger charge is -2.13. The number of carbonyl (C=O) groups is 2. The lowest BCUT2D eigenvalue weighted by Crippen LogP contribution is -2.37. The molecule has 3 aromatic carbocycles. The van der Waals surface area contributed by atoms with Crippen LogP contribution in [0, 0.1) is 11.6 Å². The number of rotatable bonds is 6. The van der Waals surface area contributed by atoms with Crippen LogP contribution in [0.25, 0.3) is 10.9 Å². The van der Waals surface area contributed by atoms with Crippen LogP contribution in [-0.2, 0) is 0 Å². The summed E-state index contributed by atoms with van der Waals surface area (Å²) in [5.41, 5.74) is 0.515. The summed E-state index contributed by atoms with van der Waals surface area (Å²) in [7, 11) is 3.02. The molecule has 0 aliphatic rings. The van der Waals surface area contributed by atoms with E-state index < -0.39 is 23.7 Å². The molecular formula is C25H20F2N4O6. The summed E-state index contributed by atoms with van der Waals surface area (Å²) < 4.78 is 42.8. The van der Waals surface area contributed by atoms with Gasteiger partial charge < -0.3 is 30.0 Å². The molecule has 190 valence electrons. The SMILES string of the molecule is COc1cc2nccc(Oc3ccc(NC(=O)NC(=O)Nc4ccc(F)c(F)c4)c(O)c3)c2cc1OC. The Morgan fingerprint density at radius 1 is 0.838 bits per heavy atom. The molecule has 4 amide bonds. The summed E-state index contributed by atoms with van der Waals surface area (Å²) in [5.74, 6) is -0.915. The minimum Gasteiger partial charge on any atom is -0.506 e. The Morgan fingerprint density at radius 2 is 1.57 bits per heavy atom. The first-order valence-corrected chi connectivity index (χ1v) is 10.6. The first-order valence-electron chi connectivity index (χ1n) is 10.6. The topological polar surface area (TPSA) is 131 Å². The van der Waals surface area contributed by atoms with Gasteiger partial charge in [-0.2, -0.15) is 0 Å². The number of fused-ring (bicyclic) bond motifs is 1. The normalized spacial score (nSPS) is 10.5. The van der Waals surface area contributed by atoms with Crippen molar-refractivity contribution in [2.75, 3.05) is 24.9 Å². The van der Waals surface area contributed by atoms with E-state index in [0.29, 0.717) is 28.2 Å². The summed E-state index contributed by atoms with van der Waals surface area (Å²) in [4.78, 5) is 28.4. The van der Waals surface area contributed by atoms with Gasteiger partial charge in [0.25, 0.3) is 0 Å². The number of imide groups is 1. The number of anilines is 2. The van der Waals surface area contributed by atoms with Gasteiger partial charge in [0.15, 0.2) is 23.1 Å². The standard InChI is InChI=1S/C25H20F2N4O6/c1-35-22-11-15-19(12-23(22)36-2)28-8-7-21(15)37-14-4-6-18(20(32)10-14)30-25(34)31-24(33)29-13-3-5-16(26)17(27)9-13/h3-12,32H,1-2H3,(H3,29,30,31,33,34). The lowest BCUT2D eigenvalue weighted by molar-refractivity contribution is 0.240. The number of amides is 4. The third-order valence-corrected chi connectivity index (χ3v) is 5.06. The van der Waals surface area contributed by atoms with E-state index in [1.807, 2.05) is 5.32 Å². The van der Waals surface area contributed by atoms with Gasteiger partial charge in [0.05, 0.1) is 25.4 Å². The maximum absolute atomic E-state index is 13.3. The monoisotopic (exact) mass is 510 g/mol. The Bertz CT molecular complexity index is 1500. The highest BCUT2D eigenvalue weighted by atomic mass is 19.2. The van der Waals surface area contributed by atoms with Crippen molar-refractivity contribution in [2.45, 2.75) is 0 Å². The summed E-state index contributed by atoms with van der Waals surface area (Å²) in [6.07, 6.45) is 1.55. The summed E-state index contributed by atoms with van der Waals surface area (Å²) in [6, 6.07) is 9.90. The molecule has 4 rings (SSSR count). The zero-order valence-corrected chi connectivity index (χ0v) is 19.5. The van der Waals surface area contributed by atoms with Crippen LogP contribution in [-0.4, -0.2) is 36.4 Å². The number of hydrogen-bond acceptors (Lipinski definition) is 7. The van der Waals surface area contributed by atoms with Gasteiger partial charge >= 0.3 is 12.1 Å². The fourth-order valence-electron chi connectivity index (χ4n) is 3.34. The van der Waals surface area contributed by atoms with E-state index in [0.717, 1.165) is 18.2 Å². The predicted octanol–water partition coefficient (Wildman–Crippen LogP) is 5.38. The number of aromatic nitrogens is 1. The van der Waals surface area contributed by atoms with E-state index in [1.165, 1.54) is 32.4 Å². The molecule has 0 atom stereocenters. The van der Waals surface area contributed by atoms with Crippen molar-refractivity contribution < 1.29 is 37.7 Å². The third-order valence-electron chi connectivity index (χ3n) is 5.06. The van der Waals surface area contributed by atoms with Crippen LogP contribution < -0.4 is 30.2 Å². The van der Waals surface area contributed by atoms with E-state index >= 15 is 0 Å². The van der Waals surface area contributed by atoms with Gasteiger partial charge in [0, 0.05) is 35.5 Å². The molecule has 0 unspecified atom stereocenters. The van der Waals surface area contributed by atoms with Crippen molar-refractivity contribution >= 4 is 34.3 Å². The Kier molecular flexibility index (Phi) is 7.19. The quantitative estimate of drug-likeness (QED) is 0.256. The van der Waals surface area contributed by atoms with Gasteiger partial charge in [-0.3, -0.25) is 10.3 Å². The number of phenols is 1. The molecule has 12 heteroatoms. The van der Waals surface area contributed by atoms with E-state index in [2.05, 4.69) is 15.6 Å². The number of carbonyl (C=O) groups excluding carboxylic acids is 2. The number of phenolic OH excluding ortho intramolecular Hbond substituents is 1. The number of aromatic hydroxyl groups is 1. The number of methoxy groups -OCH3 is 2. The number of urea groups is 2. The number of ether oxygens (including phenoxy) is 3. The minimum atomic E-state index is -1.16. The first-order chi connectivity index (χ1) is 17.8. The molecule has 0 fully saturated rings. The fourth-order valence-corrected chi connectivity index (χ4v) is 3.34. The van der Waals surface area contributed by atoms with Crippen LogP contribution in [0.3, 0.4) is 0 Å². The maximum Gasteiger partial charge on any atom is 0.327 e. The number of nitrogens with zero attached hydrogens (tertiary/aromatic N) is 1. The van der Waals surface area contributed by atoms with Crippen molar-refractivity contribution in [3.8, 4) is 28.7 Å². The van der Waals surface area contributed by atoms with E-state index in [1.54, 1.807) is 24.4 Å². The van der Waals surface area contributed by atoms with Crippen LogP contribution >= 0.6 is 0 Å². The van der Waals surface area contributed by atoms with Gasteiger partial charge in [-0.25, -0.2) is 18.4 Å². The molecule has 0 saturated heterocycles. The molecular weight excluding hydrogens is 490 g/mol. The minimum absolute atomic E-state index is 0.0172. The van der Waals surface area contributed by atoms with Gasteiger partial charge in [0.1, 0.15) is 17.2 Å². The molecule has 4 N–H and O–H groups in total. The molecule has 0 aliphatic carbocycles. The molecule has 0 bridgehead atoms. The van der Waals surface area contributed by atoms with E-state index in [-0.39, 0.29) is 22.9 Å². The molecule has 4 aromatic rings. The summed E-state index contributed by atoms with van der Waals surface area (Å²) in [5, 5.41) is 17.4. The zero-order valence-electron chi connectivity index (χ0n) is 19.5. The second kappa shape index (κ2) is 10.6. The van der Waals surface area contributed by atoms with Crippen LogP contribution in [0.5, 0.6) is 28.7 Å². The molecule has 1 heterocycles. The van der Waals surface area contributed by atoms with Crippen molar-refractivity contribution in [3.63, 3.8) is 0 Å². The van der Waals surface area contributed by atoms with Crippen LogP contribution in [0.2, 0.25) is 0 Å². The molecule has 0 saturated carbocycles. The molecule has 0 radical (unpaired) electrons. The van der Waals surface area contributed by atoms with E-state index in [9.17, 15) is 23.5 Å². The van der Waals surface area contributed by atoms with Gasteiger partial charge in [-0.05, 0) is 36.4 Å². The largest absolute Gasteiger partial charge is 0.506 e. The lowest BCUT2D eigenvalue weighted by atomic mass is 10.2. The highest BCUT2D eigenvalue weighted by Crippen LogP contribution is 2.38. The number of nitrogens with one attached hydrogen (secondary N) is 3. The van der Waals surface area contributed by atoms with Crippen molar-refractivity contribution in [2.24, 2.45) is 0 Å². The maximum atomic E-state index is 13.3. The van der Waals surface area contributed by atoms with Crippen molar-refractivity contribution in [1.82, 2.24) is 10.3 Å². The van der Waals surface area contributed by atoms with Crippen molar-refractivity contribution in [3.05, 3.63) is 72.4 Å². The average molecular weight is 510 g/mol. The second-order valence-corrected chi connectivity index (χ2v) is 7.48. The molecule has 10 nitrogen and oxygen atoms in total. The zero-order chi connectivity index (χ0) is 26.5. The predicted molar refractivity (Wildman–Crippen MR) is 131 cm³/mol. The number of pyridine rings is 1. The van der Waals surface area contributed by atoms with Crippen LogP contribution in [0.4, 0.5) is 29.7 Å². The number of hydrogen-bond donors (Lipinski definition) is 4. The summed E-state index contributed by atoms with van der Waals surface area (Å²) >= 11 is 0. The molecule has 0 spiro atoms. The van der Waals surface area contributed by atoms with Crippen LogP contribution in [0.1, 0.15) is 0 Å². The Labute approximate surface area is 208 Å². The van der Waals surface area contributed by atoms with Gasteiger partial charge in [0.2, 0.25) is 0 Å². The second-order valence-electron chi connectivity index (χ2n) is 7.48. The third kappa shape index (κ3) is 5.75. The number of benzene rings is 3. The smallest absolute Gasteiger partial charge is 0.327 e. The Balaban J connectivity index is 1.43. The van der Waals surface area contributed by atoms with Crippen LogP contribution in [0.15, 0.2) is 60.8 Å². The Morgan fingerprint density at radius 3 is 2.27 bits per heavy atom. The summed E-state index contributed by atoms with van der Waals surface area (Å²) in [6.45, 7) is 0. The van der Waals surface area contributed by atoms with Gasteiger partial charge in [-0.1, -0.05) is 0 Å². The highest BCUT2D eigenvalue weighted by molar-refractivity contribution is 6.05. The van der Waals surface area contributed by atoms with Gasteiger partial charge in [-0.15, -0.1) is 0 Å². The van der Waals surface area contributed by atoms with Crippen molar-refractivity contribution in [1.29, 1.82) is 0 Å². The Hall–Kier alpha value is -5.13. The number of halogens is 2. The molecule has 0 aliphatic heterocycles.